The number of ether oxygens (including phenoxy) is 1. The summed E-state index contributed by atoms with van der Waals surface area (Å²) in [5.41, 5.74) is 1.82. The van der Waals surface area contributed by atoms with Gasteiger partial charge in [-0.05, 0) is 25.5 Å². The molecule has 2 aromatic rings. The summed E-state index contributed by atoms with van der Waals surface area (Å²) in [6, 6.07) is 5.65. The van der Waals surface area contributed by atoms with E-state index in [1.807, 2.05) is 30.7 Å². The van der Waals surface area contributed by atoms with E-state index >= 15 is 0 Å². The summed E-state index contributed by atoms with van der Waals surface area (Å²) in [4.78, 5) is 4.15. The Balaban J connectivity index is 2.14. The van der Waals surface area contributed by atoms with Gasteiger partial charge in [0.15, 0.2) is 0 Å². The first-order valence-electron chi connectivity index (χ1n) is 6.71. The molecule has 0 aliphatic carbocycles. The fourth-order valence-electron chi connectivity index (χ4n) is 2.04. The minimum atomic E-state index is -0.557. The molecule has 0 aliphatic heterocycles. The molecule has 1 aromatic heterocycles. The van der Waals surface area contributed by atoms with Crippen LogP contribution in [0.4, 0.5) is 0 Å². The number of imidazole rings is 1. The Kier molecular flexibility index (Phi) is 5.20. The largest absolute Gasteiger partial charge is 0.487 e. The fraction of sp³-hybridized carbons (Fsp3) is 0.400. The van der Waals surface area contributed by atoms with Crippen LogP contribution in [0.1, 0.15) is 37.6 Å². The molecule has 0 bridgehead atoms. The van der Waals surface area contributed by atoms with Crippen molar-refractivity contribution in [3.05, 3.63) is 46.5 Å². The van der Waals surface area contributed by atoms with Gasteiger partial charge >= 0.3 is 0 Å². The molecular weight excluding hydrogens is 320 g/mol. The topological polar surface area (TPSA) is 47.3 Å². The lowest BCUT2D eigenvalue weighted by atomic mass is 10.1. The van der Waals surface area contributed by atoms with Crippen molar-refractivity contribution >= 4 is 15.9 Å². The van der Waals surface area contributed by atoms with E-state index in [4.69, 9.17) is 4.74 Å². The van der Waals surface area contributed by atoms with Crippen molar-refractivity contribution in [2.45, 2.75) is 39.5 Å². The number of aryl methyl sites for hydroxylation is 1. The van der Waals surface area contributed by atoms with Crippen LogP contribution in [0.5, 0.6) is 5.75 Å². The van der Waals surface area contributed by atoms with E-state index in [0.29, 0.717) is 12.4 Å². The van der Waals surface area contributed by atoms with Crippen LogP contribution in [0.3, 0.4) is 0 Å². The van der Waals surface area contributed by atoms with Gasteiger partial charge in [0.05, 0.1) is 24.3 Å². The predicted molar refractivity (Wildman–Crippen MR) is 81.6 cm³/mol. The number of hydrogen-bond donors (Lipinski definition) is 1. The third kappa shape index (κ3) is 3.61. The standard InChI is InChI=1S/C15H19BrN2O2/c1-3-6-18-10-17-8-13(18)9-20-15-7-12(16)4-5-14(15)11(2)19/h4-5,7-8,10-11,19H,3,6,9H2,1-2H3. The van der Waals surface area contributed by atoms with Gasteiger partial charge in [-0.15, -0.1) is 0 Å². The highest BCUT2D eigenvalue weighted by molar-refractivity contribution is 9.10. The van der Waals surface area contributed by atoms with Gasteiger partial charge in [0.25, 0.3) is 0 Å². The highest BCUT2D eigenvalue weighted by atomic mass is 79.9. The number of benzene rings is 1. The molecule has 20 heavy (non-hydrogen) atoms. The third-order valence-electron chi connectivity index (χ3n) is 3.06. The normalized spacial score (nSPS) is 12.4. The molecule has 1 atom stereocenters. The third-order valence-corrected chi connectivity index (χ3v) is 3.56. The summed E-state index contributed by atoms with van der Waals surface area (Å²) in [5.74, 6) is 0.693. The second-order valence-electron chi connectivity index (χ2n) is 4.73. The molecule has 0 amide bonds. The maximum absolute atomic E-state index is 9.78. The van der Waals surface area contributed by atoms with Gasteiger partial charge in [0.2, 0.25) is 0 Å². The molecule has 2 rings (SSSR count). The van der Waals surface area contributed by atoms with Crippen molar-refractivity contribution in [2.24, 2.45) is 0 Å². The first kappa shape index (κ1) is 15.1. The SMILES string of the molecule is CCCn1cncc1COc1cc(Br)ccc1C(C)O. The van der Waals surface area contributed by atoms with Gasteiger partial charge in [-0.3, -0.25) is 0 Å². The zero-order chi connectivity index (χ0) is 14.5. The summed E-state index contributed by atoms with van der Waals surface area (Å²) >= 11 is 3.42. The highest BCUT2D eigenvalue weighted by Gasteiger charge is 2.11. The first-order chi connectivity index (χ1) is 9.61. The molecule has 0 saturated heterocycles. The van der Waals surface area contributed by atoms with Gasteiger partial charge in [-0.1, -0.05) is 28.9 Å². The van der Waals surface area contributed by atoms with E-state index in [1.54, 1.807) is 6.92 Å². The van der Waals surface area contributed by atoms with Crippen molar-refractivity contribution in [1.29, 1.82) is 0 Å². The second kappa shape index (κ2) is 6.90. The number of hydrogen-bond acceptors (Lipinski definition) is 3. The molecule has 0 saturated carbocycles. The average Bonchev–Trinajstić information content (AvgIpc) is 2.84. The van der Waals surface area contributed by atoms with Crippen LogP contribution < -0.4 is 4.74 Å². The molecule has 1 unspecified atom stereocenters. The van der Waals surface area contributed by atoms with Crippen LogP contribution in [0.2, 0.25) is 0 Å². The van der Waals surface area contributed by atoms with E-state index in [2.05, 4.69) is 32.4 Å². The Labute approximate surface area is 127 Å². The van der Waals surface area contributed by atoms with E-state index in [1.165, 1.54) is 0 Å². The van der Waals surface area contributed by atoms with Crippen LogP contribution >= 0.6 is 15.9 Å². The van der Waals surface area contributed by atoms with Gasteiger partial charge in [-0.25, -0.2) is 4.98 Å². The van der Waals surface area contributed by atoms with Gasteiger partial charge in [0.1, 0.15) is 12.4 Å². The maximum atomic E-state index is 9.78. The Morgan fingerprint density at radius 3 is 2.95 bits per heavy atom. The van der Waals surface area contributed by atoms with Crippen molar-refractivity contribution in [3.8, 4) is 5.75 Å². The summed E-state index contributed by atoms with van der Waals surface area (Å²) in [7, 11) is 0. The second-order valence-corrected chi connectivity index (χ2v) is 5.64. The van der Waals surface area contributed by atoms with Crippen LogP contribution in [0, 0.1) is 0 Å². The van der Waals surface area contributed by atoms with Crippen molar-refractivity contribution in [2.75, 3.05) is 0 Å². The molecule has 0 radical (unpaired) electrons. The van der Waals surface area contributed by atoms with Gasteiger partial charge in [0, 0.05) is 16.6 Å². The van der Waals surface area contributed by atoms with Crippen LogP contribution in [-0.4, -0.2) is 14.7 Å². The highest BCUT2D eigenvalue weighted by Crippen LogP contribution is 2.29. The zero-order valence-corrected chi connectivity index (χ0v) is 13.3. The summed E-state index contributed by atoms with van der Waals surface area (Å²) in [5, 5.41) is 9.78. The monoisotopic (exact) mass is 338 g/mol. The number of nitrogens with zero attached hydrogens (tertiary/aromatic N) is 2. The number of aliphatic hydroxyl groups excluding tert-OH is 1. The lowest BCUT2D eigenvalue weighted by molar-refractivity contribution is 0.189. The van der Waals surface area contributed by atoms with Gasteiger partial charge < -0.3 is 14.4 Å². The Bertz CT molecular complexity index is 567. The Hall–Kier alpha value is -1.33. The molecule has 0 aliphatic rings. The van der Waals surface area contributed by atoms with E-state index in [-0.39, 0.29) is 0 Å². The lowest BCUT2D eigenvalue weighted by Gasteiger charge is -2.14. The van der Waals surface area contributed by atoms with E-state index in [0.717, 1.165) is 28.7 Å². The lowest BCUT2D eigenvalue weighted by Crippen LogP contribution is -2.06. The molecule has 1 aromatic carbocycles. The van der Waals surface area contributed by atoms with Crippen LogP contribution in [-0.2, 0) is 13.2 Å². The van der Waals surface area contributed by atoms with Crippen molar-refractivity contribution < 1.29 is 9.84 Å². The predicted octanol–water partition coefficient (Wildman–Crippen LogP) is 3.69. The number of rotatable bonds is 6. The minimum absolute atomic E-state index is 0.441. The number of aliphatic hydroxyl groups is 1. The molecule has 5 heteroatoms. The quantitative estimate of drug-likeness (QED) is 0.873. The van der Waals surface area contributed by atoms with E-state index < -0.39 is 6.10 Å². The van der Waals surface area contributed by atoms with E-state index in [9.17, 15) is 5.11 Å². The average molecular weight is 339 g/mol. The molecular formula is C15H19BrN2O2. The van der Waals surface area contributed by atoms with Gasteiger partial charge in [-0.2, -0.15) is 0 Å². The number of halogens is 1. The van der Waals surface area contributed by atoms with Crippen LogP contribution in [0.15, 0.2) is 35.2 Å². The van der Waals surface area contributed by atoms with Crippen molar-refractivity contribution in [3.63, 3.8) is 0 Å². The Morgan fingerprint density at radius 2 is 2.25 bits per heavy atom. The summed E-state index contributed by atoms with van der Waals surface area (Å²) in [6.45, 7) is 5.23. The molecule has 4 nitrogen and oxygen atoms in total. The smallest absolute Gasteiger partial charge is 0.130 e. The summed E-state index contributed by atoms with van der Waals surface area (Å²) < 4.78 is 8.87. The molecule has 0 spiro atoms. The minimum Gasteiger partial charge on any atom is -0.487 e. The molecule has 1 heterocycles. The fourth-order valence-corrected chi connectivity index (χ4v) is 2.38. The summed E-state index contributed by atoms with van der Waals surface area (Å²) in [6.07, 6.45) is 4.13. The first-order valence-corrected chi connectivity index (χ1v) is 7.50. The molecule has 108 valence electrons. The van der Waals surface area contributed by atoms with Crippen molar-refractivity contribution in [1.82, 2.24) is 9.55 Å². The molecule has 1 N–H and O–H groups in total. The number of aromatic nitrogens is 2. The maximum Gasteiger partial charge on any atom is 0.130 e. The molecule has 0 fully saturated rings. The Morgan fingerprint density at radius 1 is 1.45 bits per heavy atom. The van der Waals surface area contributed by atoms with Crippen LogP contribution in [0.25, 0.3) is 0 Å². The zero-order valence-electron chi connectivity index (χ0n) is 11.7.